The van der Waals surface area contributed by atoms with Crippen LogP contribution in [0.15, 0.2) is 18.2 Å². The first-order valence-corrected chi connectivity index (χ1v) is 6.52. The van der Waals surface area contributed by atoms with Crippen LogP contribution in [0.5, 0.6) is 0 Å². The lowest BCUT2D eigenvalue weighted by molar-refractivity contribution is -0.385. The highest BCUT2D eigenvalue weighted by Gasteiger charge is 2.29. The summed E-state index contributed by atoms with van der Waals surface area (Å²) in [5.41, 5.74) is -0.187. The van der Waals surface area contributed by atoms with Crippen molar-refractivity contribution in [2.45, 2.75) is 6.92 Å². The molecule has 9 heteroatoms. The van der Waals surface area contributed by atoms with E-state index >= 15 is 0 Å². The fraction of sp³-hybridized carbons (Fsp3) is 0.167. The van der Waals surface area contributed by atoms with Crippen LogP contribution in [-0.4, -0.2) is 20.6 Å². The van der Waals surface area contributed by atoms with Crippen molar-refractivity contribution in [3.63, 3.8) is 0 Å². The largest absolute Gasteiger partial charge is 0.322 e. The molecule has 2 rings (SSSR count). The van der Waals surface area contributed by atoms with Crippen molar-refractivity contribution in [3.8, 4) is 0 Å². The van der Waals surface area contributed by atoms with Gasteiger partial charge in [-0.1, -0.05) is 29.3 Å². The molecule has 1 heterocycles. The van der Waals surface area contributed by atoms with Gasteiger partial charge in [0.05, 0.1) is 20.7 Å². The molecular formula is C12H10Cl2N4O3. The van der Waals surface area contributed by atoms with Gasteiger partial charge in [0, 0.05) is 7.05 Å². The summed E-state index contributed by atoms with van der Waals surface area (Å²) >= 11 is 11.9. The molecule has 0 unspecified atom stereocenters. The van der Waals surface area contributed by atoms with Gasteiger partial charge in [-0.2, -0.15) is 5.10 Å². The summed E-state index contributed by atoms with van der Waals surface area (Å²) in [6.45, 7) is 1.50. The van der Waals surface area contributed by atoms with Gasteiger partial charge >= 0.3 is 5.69 Å². The molecule has 0 bridgehead atoms. The number of benzene rings is 1. The number of hydrogen-bond acceptors (Lipinski definition) is 4. The van der Waals surface area contributed by atoms with Crippen molar-refractivity contribution in [1.82, 2.24) is 9.78 Å². The third kappa shape index (κ3) is 2.84. The second-order valence-electron chi connectivity index (χ2n) is 4.21. The first kappa shape index (κ1) is 15.3. The van der Waals surface area contributed by atoms with Crippen molar-refractivity contribution >= 4 is 40.5 Å². The lowest BCUT2D eigenvalue weighted by Crippen LogP contribution is -2.15. The highest BCUT2D eigenvalue weighted by Crippen LogP contribution is 2.31. The Balaban J connectivity index is 2.42. The van der Waals surface area contributed by atoms with Gasteiger partial charge in [-0.3, -0.25) is 19.6 Å². The lowest BCUT2D eigenvalue weighted by Gasteiger charge is -2.07. The maximum absolute atomic E-state index is 12.2. The van der Waals surface area contributed by atoms with E-state index in [9.17, 15) is 14.9 Å². The third-order valence-corrected chi connectivity index (χ3v) is 3.53. The average molecular weight is 329 g/mol. The van der Waals surface area contributed by atoms with E-state index in [1.165, 1.54) is 18.7 Å². The topological polar surface area (TPSA) is 90.1 Å². The Labute approximate surface area is 129 Å². The van der Waals surface area contributed by atoms with Gasteiger partial charge in [0.25, 0.3) is 5.91 Å². The Bertz CT molecular complexity index is 722. The lowest BCUT2D eigenvalue weighted by atomic mass is 10.2. The monoisotopic (exact) mass is 328 g/mol. The van der Waals surface area contributed by atoms with Gasteiger partial charge in [-0.25, -0.2) is 0 Å². The summed E-state index contributed by atoms with van der Waals surface area (Å²) in [5, 5.41) is 17.8. The maximum Gasteiger partial charge on any atom is 0.322 e. The molecule has 21 heavy (non-hydrogen) atoms. The number of nitro groups is 1. The van der Waals surface area contributed by atoms with Gasteiger partial charge in [0.15, 0.2) is 0 Å². The van der Waals surface area contributed by atoms with E-state index in [4.69, 9.17) is 23.2 Å². The van der Waals surface area contributed by atoms with Crippen molar-refractivity contribution < 1.29 is 9.72 Å². The zero-order valence-corrected chi connectivity index (χ0v) is 12.6. The zero-order valence-electron chi connectivity index (χ0n) is 11.1. The van der Waals surface area contributed by atoms with E-state index < -0.39 is 10.8 Å². The zero-order chi connectivity index (χ0) is 15.7. The minimum Gasteiger partial charge on any atom is -0.318 e. The average Bonchev–Trinajstić information content (AvgIpc) is 2.70. The van der Waals surface area contributed by atoms with E-state index in [-0.39, 0.29) is 32.8 Å². The smallest absolute Gasteiger partial charge is 0.318 e. The molecule has 2 aromatic rings. The number of carbonyl (C=O) groups excluding carboxylic acids is 1. The molecule has 1 N–H and O–H groups in total. The summed E-state index contributed by atoms with van der Waals surface area (Å²) in [4.78, 5) is 22.6. The van der Waals surface area contributed by atoms with Crippen LogP contribution in [0.4, 0.5) is 11.4 Å². The summed E-state index contributed by atoms with van der Waals surface area (Å²) in [5.74, 6) is -0.750. The number of amides is 1. The predicted octanol–water partition coefficient (Wildman–Crippen LogP) is 3.20. The number of hydrogen-bond donors (Lipinski definition) is 1. The Morgan fingerprint density at radius 1 is 1.38 bits per heavy atom. The second kappa shape index (κ2) is 5.71. The normalized spacial score (nSPS) is 10.5. The van der Waals surface area contributed by atoms with Gasteiger partial charge in [-0.15, -0.1) is 0 Å². The molecule has 0 aliphatic carbocycles. The number of anilines is 1. The first-order valence-electron chi connectivity index (χ1n) is 5.76. The summed E-state index contributed by atoms with van der Waals surface area (Å²) in [6.07, 6.45) is 0. The highest BCUT2D eigenvalue weighted by molar-refractivity contribution is 6.40. The minimum atomic E-state index is -0.750. The van der Waals surface area contributed by atoms with Crippen LogP contribution in [0.1, 0.15) is 16.2 Å². The predicted molar refractivity (Wildman–Crippen MR) is 79.0 cm³/mol. The van der Waals surface area contributed by atoms with Gasteiger partial charge in [-0.05, 0) is 19.1 Å². The van der Waals surface area contributed by atoms with Crippen LogP contribution in [0, 0.1) is 17.0 Å². The molecule has 110 valence electrons. The number of halogens is 2. The van der Waals surface area contributed by atoms with E-state index in [1.807, 2.05) is 0 Å². The third-order valence-electron chi connectivity index (χ3n) is 2.90. The van der Waals surface area contributed by atoms with Gasteiger partial charge < -0.3 is 5.32 Å². The number of carbonyl (C=O) groups is 1. The Kier molecular flexibility index (Phi) is 4.15. The molecule has 0 aliphatic heterocycles. The molecule has 0 saturated heterocycles. The fourth-order valence-corrected chi connectivity index (χ4v) is 2.25. The molecular weight excluding hydrogens is 319 g/mol. The number of nitrogens with zero attached hydrogens (tertiary/aromatic N) is 3. The number of nitrogens with one attached hydrogen (secondary N) is 1. The highest BCUT2D eigenvalue weighted by atomic mass is 35.5. The molecule has 0 spiro atoms. The van der Waals surface area contributed by atoms with Crippen molar-refractivity contribution in [3.05, 3.63) is 49.7 Å². The summed E-state index contributed by atoms with van der Waals surface area (Å²) in [6, 6.07) is 4.70. The van der Waals surface area contributed by atoms with Crippen molar-refractivity contribution in [1.29, 1.82) is 0 Å². The molecule has 1 aromatic heterocycles. The molecule has 1 amide bonds. The summed E-state index contributed by atoms with van der Waals surface area (Å²) in [7, 11) is 1.52. The van der Waals surface area contributed by atoms with Gasteiger partial charge in [0.2, 0.25) is 5.69 Å². The van der Waals surface area contributed by atoms with Crippen molar-refractivity contribution in [2.75, 3.05) is 5.32 Å². The molecule has 0 saturated carbocycles. The number of aromatic nitrogens is 2. The van der Waals surface area contributed by atoms with E-state index in [1.54, 1.807) is 18.2 Å². The maximum atomic E-state index is 12.2. The van der Waals surface area contributed by atoms with Crippen molar-refractivity contribution in [2.24, 2.45) is 7.05 Å². The van der Waals surface area contributed by atoms with E-state index in [0.717, 1.165) is 0 Å². The molecule has 1 aromatic carbocycles. The molecule has 0 radical (unpaired) electrons. The van der Waals surface area contributed by atoms with Crippen LogP contribution in [0.25, 0.3) is 0 Å². The molecule has 0 atom stereocenters. The molecule has 0 aliphatic rings. The standard InChI is InChI=1S/C12H10Cl2N4O3/c1-6-11(18(20)21)10(16-17(6)2)12(19)15-9-7(13)4-3-5-8(9)14/h3-5H,1-2H3,(H,15,19). The van der Waals surface area contributed by atoms with Crippen LogP contribution in [-0.2, 0) is 7.05 Å². The Morgan fingerprint density at radius 2 is 1.95 bits per heavy atom. The molecule has 7 nitrogen and oxygen atoms in total. The molecule has 0 fully saturated rings. The summed E-state index contributed by atoms with van der Waals surface area (Å²) < 4.78 is 1.27. The Hall–Kier alpha value is -2.12. The van der Waals surface area contributed by atoms with Gasteiger partial charge in [0.1, 0.15) is 5.69 Å². The minimum absolute atomic E-state index is 0.184. The first-order chi connectivity index (χ1) is 9.82. The number of para-hydroxylation sites is 1. The Morgan fingerprint density at radius 3 is 2.48 bits per heavy atom. The van der Waals surface area contributed by atoms with Crippen LogP contribution < -0.4 is 5.32 Å². The SMILES string of the molecule is Cc1c([N+](=O)[O-])c(C(=O)Nc2c(Cl)cccc2Cl)nn1C. The quantitative estimate of drug-likeness (QED) is 0.691. The number of aryl methyl sites for hydroxylation is 1. The second-order valence-corrected chi connectivity index (χ2v) is 5.03. The fourth-order valence-electron chi connectivity index (χ4n) is 1.76. The van der Waals surface area contributed by atoms with E-state index in [0.29, 0.717) is 0 Å². The number of rotatable bonds is 3. The van der Waals surface area contributed by atoms with Crippen LogP contribution in [0.2, 0.25) is 10.0 Å². The van der Waals surface area contributed by atoms with Crippen LogP contribution >= 0.6 is 23.2 Å². The van der Waals surface area contributed by atoms with E-state index in [2.05, 4.69) is 10.4 Å². The van der Waals surface area contributed by atoms with Crippen LogP contribution in [0.3, 0.4) is 0 Å².